The molecule has 0 aliphatic heterocycles. The van der Waals surface area contributed by atoms with Crippen LogP contribution in [0.1, 0.15) is 39.5 Å². The molecule has 0 radical (unpaired) electrons. The first-order valence-electron chi connectivity index (χ1n) is 5.92. The van der Waals surface area contributed by atoms with Gasteiger partial charge in [-0.3, -0.25) is 4.79 Å². The van der Waals surface area contributed by atoms with Crippen molar-refractivity contribution in [2.24, 2.45) is 17.8 Å². The Morgan fingerprint density at radius 2 is 1.93 bits per heavy atom. The summed E-state index contributed by atoms with van der Waals surface area (Å²) in [6, 6.07) is 0. The summed E-state index contributed by atoms with van der Waals surface area (Å²) in [7, 11) is 0. The highest BCUT2D eigenvalue weighted by Crippen LogP contribution is 2.33. The van der Waals surface area contributed by atoms with E-state index in [9.17, 15) is 4.79 Å². The van der Waals surface area contributed by atoms with Crippen LogP contribution < -0.4 is 0 Å². The van der Waals surface area contributed by atoms with Crippen molar-refractivity contribution in [1.82, 2.24) is 0 Å². The Morgan fingerprint density at radius 1 is 1.33 bits per heavy atom. The molecule has 88 valence electrons. The number of carbonyl (C=O) groups is 1. The summed E-state index contributed by atoms with van der Waals surface area (Å²) in [6.45, 7) is 4.56. The molecule has 1 fully saturated rings. The van der Waals surface area contributed by atoms with Crippen LogP contribution in [-0.2, 0) is 9.53 Å². The molecule has 0 amide bonds. The number of esters is 1. The van der Waals surface area contributed by atoms with Crippen molar-refractivity contribution >= 4 is 5.97 Å². The lowest BCUT2D eigenvalue weighted by molar-refractivity contribution is -0.151. The van der Waals surface area contributed by atoms with Crippen LogP contribution in [0.4, 0.5) is 0 Å². The van der Waals surface area contributed by atoms with Crippen LogP contribution in [0, 0.1) is 17.8 Å². The van der Waals surface area contributed by atoms with Crippen molar-refractivity contribution in [3.8, 4) is 0 Å². The Balaban J connectivity index is 2.27. The number of ether oxygens (including phenoxy) is 1. The Hall–Kier alpha value is -0.570. The zero-order valence-electron chi connectivity index (χ0n) is 9.74. The maximum absolute atomic E-state index is 11.5. The van der Waals surface area contributed by atoms with Gasteiger partial charge >= 0.3 is 5.97 Å². The third kappa shape index (κ3) is 3.82. The summed E-state index contributed by atoms with van der Waals surface area (Å²) in [5.41, 5.74) is 0. The number of carbonyl (C=O) groups excluding carboxylic acids is 1. The molecule has 0 aromatic rings. The van der Waals surface area contributed by atoms with E-state index in [1.54, 1.807) is 0 Å². The minimum atomic E-state index is -0.119. The maximum atomic E-state index is 11.5. The smallest absolute Gasteiger partial charge is 0.309 e. The van der Waals surface area contributed by atoms with Crippen molar-refractivity contribution in [3.05, 3.63) is 0 Å². The molecule has 15 heavy (non-hydrogen) atoms. The van der Waals surface area contributed by atoms with Gasteiger partial charge in [0, 0.05) is 0 Å². The van der Waals surface area contributed by atoms with Gasteiger partial charge in [0.25, 0.3) is 0 Å². The maximum Gasteiger partial charge on any atom is 0.309 e. The van der Waals surface area contributed by atoms with Crippen molar-refractivity contribution in [2.45, 2.75) is 39.5 Å². The normalized spacial score (nSPS) is 26.7. The fourth-order valence-corrected chi connectivity index (χ4v) is 2.29. The molecule has 0 aromatic carbocycles. The number of hydrogen-bond acceptors (Lipinski definition) is 3. The minimum absolute atomic E-state index is 0.0755. The molecule has 1 N–H and O–H groups in total. The first kappa shape index (κ1) is 12.5. The molecule has 1 aliphatic rings. The van der Waals surface area contributed by atoms with E-state index in [1.165, 1.54) is 0 Å². The van der Waals surface area contributed by atoms with Crippen LogP contribution in [0.25, 0.3) is 0 Å². The zero-order valence-corrected chi connectivity index (χ0v) is 9.74. The molecule has 0 bridgehead atoms. The van der Waals surface area contributed by atoms with Crippen LogP contribution in [0.3, 0.4) is 0 Å². The Labute approximate surface area is 91.8 Å². The van der Waals surface area contributed by atoms with Gasteiger partial charge in [-0.2, -0.15) is 0 Å². The second-order valence-corrected chi connectivity index (χ2v) is 4.75. The monoisotopic (exact) mass is 214 g/mol. The SMILES string of the molecule is CC(C)C1CCC(C(=O)OCCO)CC1. The van der Waals surface area contributed by atoms with E-state index in [0.717, 1.165) is 37.5 Å². The van der Waals surface area contributed by atoms with Crippen LogP contribution in [0.15, 0.2) is 0 Å². The second kappa shape index (κ2) is 6.11. The van der Waals surface area contributed by atoms with Gasteiger partial charge in [0.2, 0.25) is 0 Å². The molecule has 1 saturated carbocycles. The Bertz CT molecular complexity index is 193. The van der Waals surface area contributed by atoms with Gasteiger partial charge in [-0.25, -0.2) is 0 Å². The van der Waals surface area contributed by atoms with Crippen LogP contribution in [0.5, 0.6) is 0 Å². The van der Waals surface area contributed by atoms with Crippen LogP contribution >= 0.6 is 0 Å². The van der Waals surface area contributed by atoms with E-state index in [2.05, 4.69) is 13.8 Å². The first-order chi connectivity index (χ1) is 7.15. The third-order valence-electron chi connectivity index (χ3n) is 3.38. The van der Waals surface area contributed by atoms with E-state index >= 15 is 0 Å². The second-order valence-electron chi connectivity index (χ2n) is 4.75. The molecule has 0 atom stereocenters. The van der Waals surface area contributed by atoms with Gasteiger partial charge in [0.1, 0.15) is 6.61 Å². The van der Waals surface area contributed by atoms with E-state index in [-0.39, 0.29) is 25.1 Å². The van der Waals surface area contributed by atoms with Crippen LogP contribution in [-0.4, -0.2) is 24.3 Å². The fraction of sp³-hybridized carbons (Fsp3) is 0.917. The van der Waals surface area contributed by atoms with E-state index in [4.69, 9.17) is 9.84 Å². The summed E-state index contributed by atoms with van der Waals surface area (Å²) in [5.74, 6) is 1.45. The van der Waals surface area contributed by atoms with Crippen LogP contribution in [0.2, 0.25) is 0 Å². The number of hydrogen-bond donors (Lipinski definition) is 1. The predicted octanol–water partition coefficient (Wildman–Crippen LogP) is 1.98. The molecule has 0 spiro atoms. The minimum Gasteiger partial charge on any atom is -0.463 e. The molecule has 1 aliphatic carbocycles. The summed E-state index contributed by atoms with van der Waals surface area (Å²) in [4.78, 5) is 11.5. The predicted molar refractivity (Wildman–Crippen MR) is 58.3 cm³/mol. The highest BCUT2D eigenvalue weighted by Gasteiger charge is 2.28. The summed E-state index contributed by atoms with van der Waals surface area (Å²) in [5, 5.41) is 8.55. The van der Waals surface area contributed by atoms with Crippen molar-refractivity contribution in [3.63, 3.8) is 0 Å². The number of aliphatic hydroxyl groups excluding tert-OH is 1. The third-order valence-corrected chi connectivity index (χ3v) is 3.38. The van der Waals surface area contributed by atoms with Gasteiger partial charge < -0.3 is 9.84 Å². The van der Waals surface area contributed by atoms with E-state index < -0.39 is 0 Å². The highest BCUT2D eigenvalue weighted by atomic mass is 16.5. The molecule has 0 saturated heterocycles. The molecule has 3 nitrogen and oxygen atoms in total. The van der Waals surface area contributed by atoms with Crippen molar-refractivity contribution < 1.29 is 14.6 Å². The zero-order chi connectivity index (χ0) is 11.3. The molecule has 0 aromatic heterocycles. The summed E-state index contributed by atoms with van der Waals surface area (Å²) >= 11 is 0. The van der Waals surface area contributed by atoms with Gasteiger partial charge in [0.15, 0.2) is 0 Å². The lowest BCUT2D eigenvalue weighted by atomic mass is 9.77. The lowest BCUT2D eigenvalue weighted by Crippen LogP contribution is -2.26. The van der Waals surface area contributed by atoms with Gasteiger partial charge in [-0.05, 0) is 37.5 Å². The lowest BCUT2D eigenvalue weighted by Gasteiger charge is -2.29. The standard InChI is InChI=1S/C12H22O3/c1-9(2)10-3-5-11(6-4-10)12(14)15-8-7-13/h9-11,13H,3-8H2,1-2H3. The number of rotatable bonds is 4. The summed E-state index contributed by atoms with van der Waals surface area (Å²) in [6.07, 6.45) is 4.17. The fourth-order valence-electron chi connectivity index (χ4n) is 2.29. The van der Waals surface area contributed by atoms with E-state index in [1.807, 2.05) is 0 Å². The summed E-state index contributed by atoms with van der Waals surface area (Å²) < 4.78 is 4.94. The highest BCUT2D eigenvalue weighted by molar-refractivity contribution is 5.72. The van der Waals surface area contributed by atoms with Crippen molar-refractivity contribution in [1.29, 1.82) is 0 Å². The van der Waals surface area contributed by atoms with E-state index in [0.29, 0.717) is 0 Å². The average molecular weight is 214 g/mol. The average Bonchev–Trinajstić information content (AvgIpc) is 2.26. The topological polar surface area (TPSA) is 46.5 Å². The quantitative estimate of drug-likeness (QED) is 0.728. The Kier molecular flexibility index (Phi) is 5.09. The van der Waals surface area contributed by atoms with Crippen molar-refractivity contribution in [2.75, 3.05) is 13.2 Å². The molecular weight excluding hydrogens is 192 g/mol. The molecule has 3 heteroatoms. The van der Waals surface area contributed by atoms with Gasteiger partial charge in [0.05, 0.1) is 12.5 Å². The largest absolute Gasteiger partial charge is 0.463 e. The molecular formula is C12H22O3. The van der Waals surface area contributed by atoms with Gasteiger partial charge in [-0.15, -0.1) is 0 Å². The number of aliphatic hydroxyl groups is 1. The molecule has 0 unspecified atom stereocenters. The van der Waals surface area contributed by atoms with Gasteiger partial charge in [-0.1, -0.05) is 13.8 Å². The molecule has 0 heterocycles. The first-order valence-corrected chi connectivity index (χ1v) is 5.92. The Morgan fingerprint density at radius 3 is 2.40 bits per heavy atom. The molecule has 1 rings (SSSR count).